The highest BCUT2D eigenvalue weighted by Gasteiger charge is 2.20. The number of hydrogen-bond acceptors (Lipinski definition) is 4. The van der Waals surface area contributed by atoms with E-state index in [9.17, 15) is 4.79 Å². The Morgan fingerprint density at radius 1 is 1.23 bits per heavy atom. The molecule has 2 N–H and O–H groups in total. The summed E-state index contributed by atoms with van der Waals surface area (Å²) in [5.74, 6) is 1.19. The Morgan fingerprint density at radius 2 is 2.04 bits per heavy atom. The van der Waals surface area contributed by atoms with Crippen LogP contribution in [-0.2, 0) is 0 Å². The molecule has 1 aliphatic rings. The maximum Gasteiger partial charge on any atom is 0.319 e. The topological polar surface area (TPSA) is 66.5 Å². The van der Waals surface area contributed by atoms with Gasteiger partial charge in [0.05, 0.1) is 24.2 Å². The van der Waals surface area contributed by atoms with E-state index in [4.69, 9.17) is 4.74 Å². The first-order valence-electron chi connectivity index (χ1n) is 9.18. The molecule has 2 amide bonds. The maximum absolute atomic E-state index is 12.2. The zero-order chi connectivity index (χ0) is 18.2. The molecule has 0 spiro atoms. The standard InChI is InChI=1S/C20H26N4O2/c1-2-26-19-8-4-3-7-18(19)23-20(25)22-14-16-9-12-24(13-10-16)17-6-5-11-21-15-17/h3-8,11,15-16H,2,9-10,12-14H2,1H3,(H2,22,23,25). The van der Waals surface area contributed by atoms with Crippen molar-refractivity contribution in [2.45, 2.75) is 19.8 Å². The molecular weight excluding hydrogens is 328 g/mol. The molecule has 1 fully saturated rings. The number of pyridine rings is 1. The van der Waals surface area contributed by atoms with Gasteiger partial charge in [-0.15, -0.1) is 0 Å². The highest BCUT2D eigenvalue weighted by Crippen LogP contribution is 2.24. The van der Waals surface area contributed by atoms with Crippen molar-refractivity contribution in [3.05, 3.63) is 48.8 Å². The number of ether oxygens (including phenoxy) is 1. The van der Waals surface area contributed by atoms with Gasteiger partial charge in [-0.3, -0.25) is 4.98 Å². The van der Waals surface area contributed by atoms with Gasteiger partial charge in [-0.25, -0.2) is 4.79 Å². The number of aromatic nitrogens is 1. The summed E-state index contributed by atoms with van der Waals surface area (Å²) in [6.07, 6.45) is 5.82. The second-order valence-corrected chi connectivity index (χ2v) is 6.41. The van der Waals surface area contributed by atoms with Crippen LogP contribution in [0.5, 0.6) is 5.75 Å². The van der Waals surface area contributed by atoms with Gasteiger partial charge in [-0.2, -0.15) is 0 Å². The first kappa shape index (κ1) is 18.0. The summed E-state index contributed by atoms with van der Waals surface area (Å²) in [5, 5.41) is 5.86. The summed E-state index contributed by atoms with van der Waals surface area (Å²) >= 11 is 0. The predicted molar refractivity (Wildman–Crippen MR) is 104 cm³/mol. The molecule has 6 nitrogen and oxygen atoms in total. The molecule has 0 atom stereocenters. The SMILES string of the molecule is CCOc1ccccc1NC(=O)NCC1CCN(c2cccnc2)CC1. The van der Waals surface area contributed by atoms with Gasteiger partial charge in [-0.1, -0.05) is 12.1 Å². The van der Waals surface area contributed by atoms with Crippen LogP contribution in [0, 0.1) is 5.92 Å². The largest absolute Gasteiger partial charge is 0.492 e. The number of nitrogens with one attached hydrogen (secondary N) is 2. The number of carbonyl (C=O) groups excluding carboxylic acids is 1. The van der Waals surface area contributed by atoms with Crippen molar-refractivity contribution in [1.82, 2.24) is 10.3 Å². The summed E-state index contributed by atoms with van der Waals surface area (Å²) in [5.41, 5.74) is 1.86. The van der Waals surface area contributed by atoms with Crippen molar-refractivity contribution in [3.63, 3.8) is 0 Å². The lowest BCUT2D eigenvalue weighted by Crippen LogP contribution is -2.39. The predicted octanol–water partition coefficient (Wildman–Crippen LogP) is 3.52. The van der Waals surface area contributed by atoms with Crippen LogP contribution in [0.3, 0.4) is 0 Å². The van der Waals surface area contributed by atoms with Crippen LogP contribution >= 0.6 is 0 Å². The number of para-hydroxylation sites is 2. The van der Waals surface area contributed by atoms with Gasteiger partial charge in [0.15, 0.2) is 0 Å². The Morgan fingerprint density at radius 3 is 2.77 bits per heavy atom. The second-order valence-electron chi connectivity index (χ2n) is 6.41. The third kappa shape index (κ3) is 4.88. The molecule has 0 saturated carbocycles. The fourth-order valence-corrected chi connectivity index (χ4v) is 3.19. The monoisotopic (exact) mass is 354 g/mol. The normalized spacial score (nSPS) is 14.7. The van der Waals surface area contributed by atoms with Crippen LogP contribution in [0.25, 0.3) is 0 Å². The lowest BCUT2D eigenvalue weighted by molar-refractivity contribution is 0.248. The summed E-state index contributed by atoms with van der Waals surface area (Å²) in [6.45, 7) is 5.16. The molecule has 0 unspecified atom stereocenters. The zero-order valence-corrected chi connectivity index (χ0v) is 15.1. The molecule has 26 heavy (non-hydrogen) atoms. The lowest BCUT2D eigenvalue weighted by Gasteiger charge is -2.33. The number of nitrogens with zero attached hydrogens (tertiary/aromatic N) is 2. The van der Waals surface area contributed by atoms with Crippen molar-refractivity contribution in [2.75, 3.05) is 36.5 Å². The third-order valence-corrected chi connectivity index (χ3v) is 4.61. The maximum atomic E-state index is 12.2. The van der Waals surface area contributed by atoms with Crippen LogP contribution in [0.1, 0.15) is 19.8 Å². The Kier molecular flexibility index (Phi) is 6.30. The molecule has 6 heteroatoms. The number of urea groups is 1. The number of anilines is 2. The molecule has 3 rings (SSSR count). The summed E-state index contributed by atoms with van der Waals surface area (Å²) in [6, 6.07) is 11.3. The van der Waals surface area contributed by atoms with Gasteiger partial charge in [-0.05, 0) is 49.9 Å². The number of benzene rings is 1. The fourth-order valence-electron chi connectivity index (χ4n) is 3.19. The Labute approximate surface area is 154 Å². The minimum atomic E-state index is -0.188. The number of hydrogen-bond donors (Lipinski definition) is 2. The van der Waals surface area contributed by atoms with Crippen molar-refractivity contribution in [1.29, 1.82) is 0 Å². The molecule has 2 aromatic rings. The zero-order valence-electron chi connectivity index (χ0n) is 15.1. The van der Waals surface area contributed by atoms with E-state index in [0.29, 0.717) is 30.5 Å². The highest BCUT2D eigenvalue weighted by molar-refractivity contribution is 5.90. The van der Waals surface area contributed by atoms with Crippen LogP contribution in [-0.4, -0.2) is 37.3 Å². The molecule has 1 saturated heterocycles. The average molecular weight is 354 g/mol. The van der Waals surface area contributed by atoms with Gasteiger partial charge >= 0.3 is 6.03 Å². The average Bonchev–Trinajstić information content (AvgIpc) is 2.69. The third-order valence-electron chi connectivity index (χ3n) is 4.61. The van der Waals surface area contributed by atoms with Crippen molar-refractivity contribution in [2.24, 2.45) is 5.92 Å². The van der Waals surface area contributed by atoms with Gasteiger partial charge in [0, 0.05) is 25.8 Å². The first-order valence-corrected chi connectivity index (χ1v) is 9.18. The molecule has 1 aliphatic heterocycles. The van der Waals surface area contributed by atoms with Crippen LogP contribution in [0.4, 0.5) is 16.2 Å². The van der Waals surface area contributed by atoms with E-state index in [1.807, 2.05) is 43.5 Å². The summed E-state index contributed by atoms with van der Waals surface area (Å²) < 4.78 is 5.53. The molecular formula is C20H26N4O2. The van der Waals surface area contributed by atoms with Gasteiger partial charge in [0.25, 0.3) is 0 Å². The molecule has 0 bridgehead atoms. The van der Waals surface area contributed by atoms with E-state index >= 15 is 0 Å². The van der Waals surface area contributed by atoms with E-state index in [2.05, 4.69) is 26.6 Å². The lowest BCUT2D eigenvalue weighted by atomic mass is 9.96. The summed E-state index contributed by atoms with van der Waals surface area (Å²) in [7, 11) is 0. The Balaban J connectivity index is 1.43. The van der Waals surface area contributed by atoms with Crippen molar-refractivity contribution in [3.8, 4) is 5.75 Å². The van der Waals surface area contributed by atoms with E-state index < -0.39 is 0 Å². The fraction of sp³-hybridized carbons (Fsp3) is 0.400. The summed E-state index contributed by atoms with van der Waals surface area (Å²) in [4.78, 5) is 18.7. The second kappa shape index (κ2) is 9.08. The molecule has 0 aliphatic carbocycles. The number of piperidine rings is 1. The van der Waals surface area contributed by atoms with E-state index in [1.54, 1.807) is 6.20 Å². The van der Waals surface area contributed by atoms with Crippen molar-refractivity contribution >= 4 is 17.4 Å². The van der Waals surface area contributed by atoms with Crippen LogP contribution < -0.4 is 20.3 Å². The highest BCUT2D eigenvalue weighted by atomic mass is 16.5. The smallest absolute Gasteiger partial charge is 0.319 e. The number of rotatable bonds is 6. The molecule has 1 aromatic heterocycles. The first-order chi connectivity index (χ1) is 12.8. The van der Waals surface area contributed by atoms with Crippen LogP contribution in [0.15, 0.2) is 48.8 Å². The Hall–Kier alpha value is -2.76. The Bertz CT molecular complexity index is 700. The number of amides is 2. The van der Waals surface area contributed by atoms with E-state index in [0.717, 1.165) is 25.9 Å². The minimum Gasteiger partial charge on any atom is -0.492 e. The van der Waals surface area contributed by atoms with Gasteiger partial charge < -0.3 is 20.3 Å². The van der Waals surface area contributed by atoms with E-state index in [1.165, 1.54) is 5.69 Å². The van der Waals surface area contributed by atoms with Gasteiger partial charge in [0.2, 0.25) is 0 Å². The number of carbonyl (C=O) groups is 1. The van der Waals surface area contributed by atoms with Crippen molar-refractivity contribution < 1.29 is 9.53 Å². The molecule has 0 radical (unpaired) electrons. The molecule has 1 aromatic carbocycles. The van der Waals surface area contributed by atoms with Crippen LogP contribution in [0.2, 0.25) is 0 Å². The quantitative estimate of drug-likeness (QED) is 0.833. The molecule has 138 valence electrons. The van der Waals surface area contributed by atoms with E-state index in [-0.39, 0.29) is 6.03 Å². The molecule has 2 heterocycles. The van der Waals surface area contributed by atoms with Gasteiger partial charge in [0.1, 0.15) is 5.75 Å². The minimum absolute atomic E-state index is 0.188.